The molecule has 0 radical (unpaired) electrons. The van der Waals surface area contributed by atoms with Gasteiger partial charge < -0.3 is 10.1 Å². The van der Waals surface area contributed by atoms with E-state index >= 15 is 0 Å². The van der Waals surface area contributed by atoms with E-state index in [1.807, 2.05) is 6.92 Å². The average Bonchev–Trinajstić information content (AvgIpc) is 2.38. The van der Waals surface area contributed by atoms with E-state index in [1.54, 1.807) is 12.4 Å². The molecule has 1 N–H and O–H groups in total. The van der Waals surface area contributed by atoms with E-state index in [-0.39, 0.29) is 0 Å². The van der Waals surface area contributed by atoms with Gasteiger partial charge >= 0.3 is 0 Å². The van der Waals surface area contributed by atoms with Crippen LogP contribution >= 0.6 is 0 Å². The summed E-state index contributed by atoms with van der Waals surface area (Å²) in [5, 5.41) is 3.34. The van der Waals surface area contributed by atoms with Crippen molar-refractivity contribution >= 4 is 5.82 Å². The summed E-state index contributed by atoms with van der Waals surface area (Å²) in [5.74, 6) is 1.45. The number of nitrogens with zero attached hydrogens (tertiary/aromatic N) is 3. The minimum atomic E-state index is 0.588. The van der Waals surface area contributed by atoms with Gasteiger partial charge in [0, 0.05) is 32.4 Å². The molecule has 0 amide bonds. The van der Waals surface area contributed by atoms with Crippen molar-refractivity contribution in [3.63, 3.8) is 0 Å². The zero-order valence-electron chi connectivity index (χ0n) is 11.2. The number of nitrogens with one attached hydrogen (secondary N) is 1. The summed E-state index contributed by atoms with van der Waals surface area (Å²) in [4.78, 5) is 11.0. The maximum atomic E-state index is 5.35. The van der Waals surface area contributed by atoms with Gasteiger partial charge in [0.25, 0.3) is 0 Å². The smallest absolute Gasteiger partial charge is 0.144 e. The van der Waals surface area contributed by atoms with E-state index in [0.717, 1.165) is 50.9 Å². The average molecular weight is 250 g/mol. The molecule has 18 heavy (non-hydrogen) atoms. The molecule has 0 bridgehead atoms. The van der Waals surface area contributed by atoms with Gasteiger partial charge in [-0.15, -0.1) is 0 Å². The molecule has 1 saturated heterocycles. The Morgan fingerprint density at radius 3 is 2.89 bits per heavy atom. The van der Waals surface area contributed by atoms with Crippen LogP contribution in [0.4, 0.5) is 5.82 Å². The highest BCUT2D eigenvalue weighted by atomic mass is 16.5. The number of anilines is 1. The van der Waals surface area contributed by atoms with E-state index in [1.165, 1.54) is 0 Å². The normalized spacial score (nSPS) is 18.6. The molecule has 1 unspecified atom stereocenters. The van der Waals surface area contributed by atoms with E-state index in [4.69, 9.17) is 4.74 Å². The van der Waals surface area contributed by atoms with Crippen molar-refractivity contribution in [2.45, 2.75) is 13.8 Å². The van der Waals surface area contributed by atoms with Crippen molar-refractivity contribution in [3.8, 4) is 0 Å². The molecule has 0 spiro atoms. The lowest BCUT2D eigenvalue weighted by Gasteiger charge is -2.29. The molecule has 5 nitrogen and oxygen atoms in total. The number of hydrogen-bond acceptors (Lipinski definition) is 5. The van der Waals surface area contributed by atoms with Gasteiger partial charge in [-0.25, -0.2) is 4.98 Å². The lowest BCUT2D eigenvalue weighted by molar-refractivity contribution is 0.0325. The molecule has 1 aromatic rings. The maximum absolute atomic E-state index is 5.35. The molecule has 1 aliphatic rings. The number of rotatable bonds is 5. The minimum Gasteiger partial charge on any atom is -0.379 e. The van der Waals surface area contributed by atoms with Gasteiger partial charge in [-0.05, 0) is 12.8 Å². The van der Waals surface area contributed by atoms with Crippen LogP contribution in [-0.2, 0) is 4.74 Å². The molecule has 1 atom stereocenters. The summed E-state index contributed by atoms with van der Waals surface area (Å²) in [6, 6.07) is 0. The second kappa shape index (κ2) is 6.66. The highest BCUT2D eigenvalue weighted by Gasteiger charge is 2.13. The second-order valence-electron chi connectivity index (χ2n) is 4.94. The SMILES string of the molecule is Cc1cncc(NCC(C)CN2CCOCC2)n1. The molecule has 5 heteroatoms. The van der Waals surface area contributed by atoms with Gasteiger partial charge in [0.15, 0.2) is 0 Å². The molecule has 100 valence electrons. The highest BCUT2D eigenvalue weighted by molar-refractivity contribution is 5.31. The number of aromatic nitrogens is 2. The largest absolute Gasteiger partial charge is 0.379 e. The van der Waals surface area contributed by atoms with Gasteiger partial charge in [0.1, 0.15) is 5.82 Å². The van der Waals surface area contributed by atoms with E-state index in [9.17, 15) is 0 Å². The molecule has 1 fully saturated rings. The molecule has 1 aromatic heterocycles. The Morgan fingerprint density at radius 1 is 1.39 bits per heavy atom. The predicted molar refractivity (Wildman–Crippen MR) is 71.7 cm³/mol. The summed E-state index contributed by atoms with van der Waals surface area (Å²) in [5.41, 5.74) is 0.945. The third-order valence-electron chi connectivity index (χ3n) is 3.06. The minimum absolute atomic E-state index is 0.588. The predicted octanol–water partition coefficient (Wildman–Crippen LogP) is 1.17. The van der Waals surface area contributed by atoms with Crippen molar-refractivity contribution in [2.24, 2.45) is 5.92 Å². The number of ether oxygens (including phenoxy) is 1. The quantitative estimate of drug-likeness (QED) is 0.850. The number of morpholine rings is 1. The van der Waals surface area contributed by atoms with Crippen LogP contribution in [0.2, 0.25) is 0 Å². The molecular formula is C13H22N4O. The lowest BCUT2D eigenvalue weighted by Crippen LogP contribution is -2.40. The Hall–Kier alpha value is -1.20. The van der Waals surface area contributed by atoms with Crippen LogP contribution < -0.4 is 5.32 Å². The molecule has 0 aromatic carbocycles. The van der Waals surface area contributed by atoms with Crippen molar-refractivity contribution in [3.05, 3.63) is 18.1 Å². The van der Waals surface area contributed by atoms with Gasteiger partial charge in [0.2, 0.25) is 0 Å². The Bertz CT molecular complexity index is 366. The zero-order chi connectivity index (χ0) is 12.8. The second-order valence-corrected chi connectivity index (χ2v) is 4.94. The Balaban J connectivity index is 1.72. The van der Waals surface area contributed by atoms with Gasteiger partial charge in [-0.2, -0.15) is 0 Å². The first kappa shape index (κ1) is 13.2. The summed E-state index contributed by atoms with van der Waals surface area (Å²) in [7, 11) is 0. The van der Waals surface area contributed by atoms with Crippen molar-refractivity contribution in [1.29, 1.82) is 0 Å². The fraction of sp³-hybridized carbons (Fsp3) is 0.692. The van der Waals surface area contributed by atoms with Crippen LogP contribution in [0.25, 0.3) is 0 Å². The maximum Gasteiger partial charge on any atom is 0.144 e. The molecule has 0 aliphatic carbocycles. The van der Waals surface area contributed by atoms with Crippen LogP contribution in [0.15, 0.2) is 12.4 Å². The van der Waals surface area contributed by atoms with Gasteiger partial charge in [-0.3, -0.25) is 9.88 Å². The van der Waals surface area contributed by atoms with Crippen LogP contribution in [0.3, 0.4) is 0 Å². The first-order valence-corrected chi connectivity index (χ1v) is 6.56. The molecule has 2 heterocycles. The summed E-state index contributed by atoms with van der Waals surface area (Å²) in [6.45, 7) is 10.1. The van der Waals surface area contributed by atoms with Crippen LogP contribution in [0, 0.1) is 12.8 Å². The van der Waals surface area contributed by atoms with E-state index in [2.05, 4.69) is 27.1 Å². The van der Waals surface area contributed by atoms with E-state index in [0.29, 0.717) is 5.92 Å². The summed E-state index contributed by atoms with van der Waals surface area (Å²) < 4.78 is 5.35. The van der Waals surface area contributed by atoms with Gasteiger partial charge in [0.05, 0.1) is 25.1 Å². The summed E-state index contributed by atoms with van der Waals surface area (Å²) >= 11 is 0. The third kappa shape index (κ3) is 4.23. The first-order chi connectivity index (χ1) is 8.74. The van der Waals surface area contributed by atoms with Crippen molar-refractivity contribution in [1.82, 2.24) is 14.9 Å². The topological polar surface area (TPSA) is 50.3 Å². The number of hydrogen-bond donors (Lipinski definition) is 1. The Labute approximate surface area is 109 Å². The lowest BCUT2D eigenvalue weighted by atomic mass is 10.1. The number of aryl methyl sites for hydroxylation is 1. The fourth-order valence-corrected chi connectivity index (χ4v) is 2.12. The van der Waals surface area contributed by atoms with Gasteiger partial charge in [-0.1, -0.05) is 6.92 Å². The third-order valence-corrected chi connectivity index (χ3v) is 3.06. The summed E-state index contributed by atoms with van der Waals surface area (Å²) in [6.07, 6.45) is 3.54. The molecule has 1 aliphatic heterocycles. The highest BCUT2D eigenvalue weighted by Crippen LogP contribution is 2.06. The standard InChI is InChI=1S/C13H22N4O/c1-11(10-17-3-5-18-6-4-17)7-15-13-9-14-8-12(2)16-13/h8-9,11H,3-7,10H2,1-2H3,(H,15,16). The monoisotopic (exact) mass is 250 g/mol. The van der Waals surface area contributed by atoms with Crippen LogP contribution in [0.5, 0.6) is 0 Å². The fourth-order valence-electron chi connectivity index (χ4n) is 2.12. The van der Waals surface area contributed by atoms with E-state index < -0.39 is 0 Å². The molecule has 2 rings (SSSR count). The Kier molecular flexibility index (Phi) is 4.90. The van der Waals surface area contributed by atoms with Crippen molar-refractivity contribution in [2.75, 3.05) is 44.7 Å². The Morgan fingerprint density at radius 2 is 2.17 bits per heavy atom. The molecular weight excluding hydrogens is 228 g/mol. The van der Waals surface area contributed by atoms with Crippen LogP contribution in [-0.4, -0.2) is 54.3 Å². The zero-order valence-corrected chi connectivity index (χ0v) is 11.2. The molecule has 0 saturated carbocycles. The van der Waals surface area contributed by atoms with Crippen LogP contribution in [0.1, 0.15) is 12.6 Å². The first-order valence-electron chi connectivity index (χ1n) is 6.56. The van der Waals surface area contributed by atoms with Crippen molar-refractivity contribution < 1.29 is 4.74 Å².